The standard InChI is InChI=1S/C13H16O2S/c1-3-4-5-6-11-16(14)13-9-7-12(15-2)8-10-13/h7-10H,3,6,11H2,1-2H3. The summed E-state index contributed by atoms with van der Waals surface area (Å²) in [4.78, 5) is 0.832. The zero-order valence-corrected chi connectivity index (χ0v) is 10.5. The summed E-state index contributed by atoms with van der Waals surface area (Å²) in [5, 5.41) is 0. The monoisotopic (exact) mass is 236 g/mol. The zero-order valence-electron chi connectivity index (χ0n) is 9.66. The van der Waals surface area contributed by atoms with E-state index in [2.05, 4.69) is 11.8 Å². The first kappa shape index (κ1) is 12.8. The van der Waals surface area contributed by atoms with Crippen LogP contribution in [0, 0.1) is 11.8 Å². The van der Waals surface area contributed by atoms with Crippen LogP contribution in [0.3, 0.4) is 0 Å². The molecule has 0 saturated heterocycles. The molecule has 0 aliphatic heterocycles. The van der Waals surface area contributed by atoms with Gasteiger partial charge in [0.25, 0.3) is 0 Å². The second-order valence-corrected chi connectivity index (χ2v) is 4.75. The van der Waals surface area contributed by atoms with Crippen LogP contribution in [0.25, 0.3) is 0 Å². The van der Waals surface area contributed by atoms with Gasteiger partial charge >= 0.3 is 0 Å². The van der Waals surface area contributed by atoms with Crippen molar-refractivity contribution >= 4 is 10.8 Å². The van der Waals surface area contributed by atoms with Crippen LogP contribution in [0.4, 0.5) is 0 Å². The van der Waals surface area contributed by atoms with E-state index in [0.717, 1.165) is 17.1 Å². The maximum Gasteiger partial charge on any atom is 0.118 e. The Morgan fingerprint density at radius 1 is 1.25 bits per heavy atom. The lowest BCUT2D eigenvalue weighted by Crippen LogP contribution is -1.97. The van der Waals surface area contributed by atoms with E-state index in [1.54, 1.807) is 7.11 Å². The smallest absolute Gasteiger partial charge is 0.118 e. The molecule has 0 aromatic heterocycles. The van der Waals surface area contributed by atoms with Crippen LogP contribution in [-0.4, -0.2) is 17.1 Å². The van der Waals surface area contributed by atoms with Crippen LogP contribution in [0.5, 0.6) is 5.75 Å². The third-order valence-corrected chi connectivity index (χ3v) is 3.41. The molecule has 1 rings (SSSR count). The highest BCUT2D eigenvalue weighted by Gasteiger charge is 2.02. The van der Waals surface area contributed by atoms with Crippen LogP contribution in [-0.2, 0) is 10.8 Å². The fourth-order valence-electron chi connectivity index (χ4n) is 1.20. The van der Waals surface area contributed by atoms with Crippen LogP contribution in [0.2, 0.25) is 0 Å². The van der Waals surface area contributed by atoms with Gasteiger partial charge in [-0.3, -0.25) is 4.21 Å². The molecule has 16 heavy (non-hydrogen) atoms. The van der Waals surface area contributed by atoms with Gasteiger partial charge < -0.3 is 4.74 Å². The van der Waals surface area contributed by atoms with E-state index in [0.29, 0.717) is 12.2 Å². The molecule has 0 heterocycles. The minimum absolute atomic E-state index is 0.597. The average Bonchev–Trinajstić information content (AvgIpc) is 2.34. The molecule has 0 amide bonds. The number of benzene rings is 1. The summed E-state index contributed by atoms with van der Waals surface area (Å²) >= 11 is 0. The van der Waals surface area contributed by atoms with Gasteiger partial charge in [-0.2, -0.15) is 0 Å². The maximum absolute atomic E-state index is 11.8. The predicted octanol–water partition coefficient (Wildman–Crippen LogP) is 2.61. The summed E-state index contributed by atoms with van der Waals surface area (Å²) in [6.45, 7) is 2.01. The van der Waals surface area contributed by atoms with Gasteiger partial charge in [-0.25, -0.2) is 0 Å². The molecule has 0 radical (unpaired) electrons. The first-order valence-corrected chi connectivity index (χ1v) is 6.58. The Hall–Kier alpha value is -1.27. The minimum atomic E-state index is -0.955. The van der Waals surface area contributed by atoms with E-state index in [9.17, 15) is 4.21 Å². The predicted molar refractivity (Wildman–Crippen MR) is 67.0 cm³/mol. The Kier molecular flexibility index (Phi) is 5.66. The molecule has 3 heteroatoms. The fourth-order valence-corrected chi connectivity index (χ4v) is 2.17. The van der Waals surface area contributed by atoms with Crippen molar-refractivity contribution in [2.75, 3.05) is 12.9 Å². The molecule has 0 N–H and O–H groups in total. The van der Waals surface area contributed by atoms with Crippen molar-refractivity contribution in [1.29, 1.82) is 0 Å². The lowest BCUT2D eigenvalue weighted by Gasteiger charge is -2.02. The number of ether oxygens (including phenoxy) is 1. The Morgan fingerprint density at radius 3 is 2.50 bits per heavy atom. The normalized spacial score (nSPS) is 11.4. The highest BCUT2D eigenvalue weighted by atomic mass is 32.2. The van der Waals surface area contributed by atoms with Gasteiger partial charge in [0, 0.05) is 23.5 Å². The van der Waals surface area contributed by atoms with Gasteiger partial charge in [0.2, 0.25) is 0 Å². The number of hydrogen-bond acceptors (Lipinski definition) is 2. The van der Waals surface area contributed by atoms with Crippen LogP contribution in [0.15, 0.2) is 29.2 Å². The largest absolute Gasteiger partial charge is 0.497 e. The van der Waals surface area contributed by atoms with Gasteiger partial charge in [-0.05, 0) is 24.3 Å². The molecular weight excluding hydrogens is 220 g/mol. The average molecular weight is 236 g/mol. The maximum atomic E-state index is 11.8. The van der Waals surface area contributed by atoms with Crippen LogP contribution in [0.1, 0.15) is 19.8 Å². The molecule has 1 atom stereocenters. The van der Waals surface area contributed by atoms with Gasteiger partial charge in [0.05, 0.1) is 17.9 Å². The topological polar surface area (TPSA) is 26.3 Å². The van der Waals surface area contributed by atoms with Gasteiger partial charge in [0.15, 0.2) is 0 Å². The molecule has 86 valence electrons. The van der Waals surface area contributed by atoms with Crippen LogP contribution < -0.4 is 4.74 Å². The Morgan fingerprint density at radius 2 is 1.94 bits per heavy atom. The third-order valence-electron chi connectivity index (χ3n) is 2.04. The van der Waals surface area contributed by atoms with Gasteiger partial charge in [-0.1, -0.05) is 6.92 Å². The number of rotatable bonds is 4. The molecule has 2 nitrogen and oxygen atoms in total. The Labute approximate surface area is 99.5 Å². The fraction of sp³-hybridized carbons (Fsp3) is 0.385. The molecule has 0 aliphatic carbocycles. The van der Waals surface area contributed by atoms with Crippen molar-refractivity contribution in [3.8, 4) is 17.6 Å². The lowest BCUT2D eigenvalue weighted by atomic mass is 10.3. The SMILES string of the molecule is CCC#CCCS(=O)c1ccc(OC)cc1. The Bertz CT molecular complexity index is 398. The second kappa shape index (κ2) is 7.08. The highest BCUT2D eigenvalue weighted by Crippen LogP contribution is 2.14. The molecule has 0 spiro atoms. The molecule has 0 aliphatic rings. The van der Waals surface area contributed by atoms with E-state index in [-0.39, 0.29) is 0 Å². The van der Waals surface area contributed by atoms with Gasteiger partial charge in [-0.15, -0.1) is 11.8 Å². The van der Waals surface area contributed by atoms with Crippen molar-refractivity contribution < 1.29 is 8.95 Å². The summed E-state index contributed by atoms with van der Waals surface area (Å²) in [5.41, 5.74) is 0. The van der Waals surface area contributed by atoms with E-state index < -0.39 is 10.8 Å². The quantitative estimate of drug-likeness (QED) is 0.751. The first-order chi connectivity index (χ1) is 7.77. The lowest BCUT2D eigenvalue weighted by molar-refractivity contribution is 0.414. The van der Waals surface area contributed by atoms with Crippen molar-refractivity contribution in [3.63, 3.8) is 0 Å². The first-order valence-electron chi connectivity index (χ1n) is 5.26. The summed E-state index contributed by atoms with van der Waals surface area (Å²) in [5.74, 6) is 7.34. The molecule has 0 bridgehead atoms. The number of methoxy groups -OCH3 is 1. The summed E-state index contributed by atoms with van der Waals surface area (Å²) in [7, 11) is 0.662. The van der Waals surface area contributed by atoms with E-state index >= 15 is 0 Å². The molecule has 0 saturated carbocycles. The minimum Gasteiger partial charge on any atom is -0.497 e. The summed E-state index contributed by atoms with van der Waals surface area (Å²) in [6, 6.07) is 7.32. The Balaban J connectivity index is 2.52. The van der Waals surface area contributed by atoms with E-state index in [4.69, 9.17) is 4.74 Å². The zero-order chi connectivity index (χ0) is 11.8. The second-order valence-electron chi connectivity index (χ2n) is 3.18. The van der Waals surface area contributed by atoms with Crippen molar-refractivity contribution in [2.24, 2.45) is 0 Å². The van der Waals surface area contributed by atoms with E-state index in [1.165, 1.54) is 0 Å². The van der Waals surface area contributed by atoms with Crippen molar-refractivity contribution in [2.45, 2.75) is 24.7 Å². The third kappa shape index (κ3) is 4.08. The van der Waals surface area contributed by atoms with E-state index in [1.807, 2.05) is 31.2 Å². The number of hydrogen-bond donors (Lipinski definition) is 0. The molecule has 1 unspecified atom stereocenters. The van der Waals surface area contributed by atoms with Crippen molar-refractivity contribution in [1.82, 2.24) is 0 Å². The summed E-state index contributed by atoms with van der Waals surface area (Å²) < 4.78 is 16.9. The summed E-state index contributed by atoms with van der Waals surface area (Å²) in [6.07, 6.45) is 1.54. The molecule has 1 aromatic carbocycles. The van der Waals surface area contributed by atoms with Crippen LogP contribution >= 0.6 is 0 Å². The molecular formula is C13H16O2S. The van der Waals surface area contributed by atoms with Gasteiger partial charge in [0.1, 0.15) is 5.75 Å². The highest BCUT2D eigenvalue weighted by molar-refractivity contribution is 7.85. The molecule has 0 fully saturated rings. The van der Waals surface area contributed by atoms with Crippen molar-refractivity contribution in [3.05, 3.63) is 24.3 Å². The molecule has 1 aromatic rings.